The van der Waals surface area contributed by atoms with Crippen molar-refractivity contribution in [3.05, 3.63) is 29.8 Å². The number of benzene rings is 1. The van der Waals surface area contributed by atoms with Crippen LogP contribution in [0, 0.1) is 0 Å². The summed E-state index contributed by atoms with van der Waals surface area (Å²) in [6.45, 7) is 3.14. The number of nitrogen functional groups attached to an aromatic ring is 1. The van der Waals surface area contributed by atoms with E-state index in [1.807, 2.05) is 24.3 Å². The SMILES string of the molecule is CNc1nc(-c2ccc(C(N)NC)c(N)c2)cc(N2CC(CO)OCC2C)n1. The van der Waals surface area contributed by atoms with Crippen LogP contribution in [0.4, 0.5) is 17.5 Å². The lowest BCUT2D eigenvalue weighted by Gasteiger charge is -2.38. The first-order valence-corrected chi connectivity index (χ1v) is 9.35. The second-order valence-corrected chi connectivity index (χ2v) is 6.93. The van der Waals surface area contributed by atoms with E-state index in [-0.39, 0.29) is 24.9 Å². The second-order valence-electron chi connectivity index (χ2n) is 6.93. The number of nitrogens with one attached hydrogen (secondary N) is 2. The van der Waals surface area contributed by atoms with Gasteiger partial charge in [0.2, 0.25) is 5.95 Å². The number of aromatic nitrogens is 2. The molecule has 7 N–H and O–H groups in total. The van der Waals surface area contributed by atoms with Crippen LogP contribution < -0.4 is 27.0 Å². The fraction of sp³-hybridized carbons (Fsp3) is 0.474. The second kappa shape index (κ2) is 8.70. The monoisotopic (exact) mass is 387 g/mol. The van der Waals surface area contributed by atoms with Gasteiger partial charge in [-0.3, -0.25) is 0 Å². The van der Waals surface area contributed by atoms with E-state index in [0.29, 0.717) is 24.8 Å². The average Bonchev–Trinajstić information content (AvgIpc) is 2.73. The van der Waals surface area contributed by atoms with E-state index in [1.165, 1.54) is 0 Å². The summed E-state index contributed by atoms with van der Waals surface area (Å²) in [6.07, 6.45) is -0.557. The molecule has 1 aromatic carbocycles. The normalized spacial score (nSPS) is 20.8. The number of nitrogens with two attached hydrogens (primary N) is 2. The standard InChI is InChI=1S/C19H29N7O2/c1-11-10-28-13(9-27)8-26(11)17-7-16(24-19(23-3)25-17)12-4-5-14(15(20)6-12)18(21)22-2/h4-7,11,13,18,22,27H,8-10,20-21H2,1-3H3,(H,23,24,25). The molecule has 0 amide bonds. The Labute approximate surface area is 165 Å². The fourth-order valence-corrected chi connectivity index (χ4v) is 3.26. The van der Waals surface area contributed by atoms with Crippen LogP contribution in [-0.4, -0.2) is 61.1 Å². The van der Waals surface area contributed by atoms with Crippen molar-refractivity contribution in [2.45, 2.75) is 25.2 Å². The van der Waals surface area contributed by atoms with Gasteiger partial charge < -0.3 is 36.8 Å². The largest absolute Gasteiger partial charge is 0.398 e. The van der Waals surface area contributed by atoms with Crippen LogP contribution >= 0.6 is 0 Å². The highest BCUT2D eigenvalue weighted by Gasteiger charge is 2.27. The molecule has 3 atom stereocenters. The minimum absolute atomic E-state index is 0.0240. The van der Waals surface area contributed by atoms with E-state index in [9.17, 15) is 5.11 Å². The molecule has 3 rings (SSSR count). The molecule has 3 unspecified atom stereocenters. The quantitative estimate of drug-likeness (QED) is 0.355. The Bertz CT molecular complexity index is 817. The summed E-state index contributed by atoms with van der Waals surface area (Å²) >= 11 is 0. The number of hydrogen-bond donors (Lipinski definition) is 5. The van der Waals surface area contributed by atoms with Crippen molar-refractivity contribution in [3.63, 3.8) is 0 Å². The molecule has 28 heavy (non-hydrogen) atoms. The topological polar surface area (TPSA) is 135 Å². The van der Waals surface area contributed by atoms with E-state index in [0.717, 1.165) is 22.6 Å². The fourth-order valence-electron chi connectivity index (χ4n) is 3.26. The van der Waals surface area contributed by atoms with Crippen LogP contribution in [0.15, 0.2) is 24.3 Å². The minimum atomic E-state index is -0.326. The number of aliphatic hydroxyl groups excluding tert-OH is 1. The molecule has 1 aliphatic rings. The molecule has 1 saturated heterocycles. The summed E-state index contributed by atoms with van der Waals surface area (Å²) in [5.74, 6) is 1.29. The highest BCUT2D eigenvalue weighted by molar-refractivity contribution is 5.70. The van der Waals surface area contributed by atoms with E-state index >= 15 is 0 Å². The smallest absolute Gasteiger partial charge is 0.224 e. The maximum Gasteiger partial charge on any atom is 0.224 e. The lowest BCUT2D eigenvalue weighted by Crippen LogP contribution is -2.50. The van der Waals surface area contributed by atoms with E-state index in [1.54, 1.807) is 14.1 Å². The number of anilines is 3. The molecule has 152 valence electrons. The zero-order chi connectivity index (χ0) is 20.3. The molecule has 2 aromatic rings. The molecule has 9 heteroatoms. The molecule has 0 spiro atoms. The van der Waals surface area contributed by atoms with Gasteiger partial charge in [0.05, 0.1) is 37.2 Å². The number of rotatable bonds is 6. The molecule has 1 aliphatic heterocycles. The molecule has 9 nitrogen and oxygen atoms in total. The van der Waals surface area contributed by atoms with Crippen molar-refractivity contribution in [1.82, 2.24) is 15.3 Å². The van der Waals surface area contributed by atoms with Gasteiger partial charge in [-0.25, -0.2) is 4.98 Å². The number of ether oxygens (including phenoxy) is 1. The Hall–Kier alpha value is -2.46. The first-order chi connectivity index (χ1) is 13.5. The lowest BCUT2D eigenvalue weighted by atomic mass is 10.0. The van der Waals surface area contributed by atoms with Gasteiger partial charge in [-0.1, -0.05) is 12.1 Å². The molecule has 1 aromatic heterocycles. The van der Waals surface area contributed by atoms with Crippen molar-refractivity contribution < 1.29 is 9.84 Å². The van der Waals surface area contributed by atoms with Gasteiger partial charge in [0.1, 0.15) is 5.82 Å². The molecule has 2 heterocycles. The summed E-state index contributed by atoms with van der Waals surface area (Å²) in [7, 11) is 3.57. The van der Waals surface area contributed by atoms with Gasteiger partial charge in [0.15, 0.2) is 0 Å². The van der Waals surface area contributed by atoms with Crippen LogP contribution in [-0.2, 0) is 4.74 Å². The Balaban J connectivity index is 1.98. The number of hydrogen-bond acceptors (Lipinski definition) is 9. The molecule has 0 bridgehead atoms. The number of morpholine rings is 1. The van der Waals surface area contributed by atoms with Gasteiger partial charge in [0, 0.05) is 36.5 Å². The Morgan fingerprint density at radius 1 is 1.32 bits per heavy atom. The third-order valence-corrected chi connectivity index (χ3v) is 4.97. The Morgan fingerprint density at radius 3 is 2.75 bits per heavy atom. The zero-order valence-corrected chi connectivity index (χ0v) is 16.5. The van der Waals surface area contributed by atoms with Crippen LogP contribution in [0.25, 0.3) is 11.3 Å². The van der Waals surface area contributed by atoms with Crippen LogP contribution in [0.5, 0.6) is 0 Å². The average molecular weight is 387 g/mol. The summed E-state index contributed by atoms with van der Waals surface area (Å²) in [5, 5.41) is 15.5. The maximum absolute atomic E-state index is 9.47. The van der Waals surface area contributed by atoms with Gasteiger partial charge in [0.25, 0.3) is 0 Å². The maximum atomic E-state index is 9.47. The van der Waals surface area contributed by atoms with Crippen molar-refractivity contribution in [2.75, 3.05) is 49.8 Å². The molecule has 0 aliphatic carbocycles. The van der Waals surface area contributed by atoms with Gasteiger partial charge in [-0.05, 0) is 20.0 Å². The number of aliphatic hydroxyl groups is 1. The first kappa shape index (κ1) is 20.3. The summed E-state index contributed by atoms with van der Waals surface area (Å²) in [5.41, 5.74) is 15.3. The first-order valence-electron chi connectivity index (χ1n) is 9.35. The zero-order valence-electron chi connectivity index (χ0n) is 16.5. The molecule has 0 saturated carbocycles. The van der Waals surface area contributed by atoms with E-state index < -0.39 is 0 Å². The molecule has 1 fully saturated rings. The van der Waals surface area contributed by atoms with Crippen molar-refractivity contribution in [3.8, 4) is 11.3 Å². The minimum Gasteiger partial charge on any atom is -0.398 e. The highest BCUT2D eigenvalue weighted by Crippen LogP contribution is 2.29. The summed E-state index contributed by atoms with van der Waals surface area (Å²) in [6, 6.07) is 7.80. The van der Waals surface area contributed by atoms with Gasteiger partial charge in [-0.15, -0.1) is 0 Å². The third kappa shape index (κ3) is 4.17. The van der Waals surface area contributed by atoms with Crippen molar-refractivity contribution in [2.24, 2.45) is 5.73 Å². The van der Waals surface area contributed by atoms with E-state index in [2.05, 4.69) is 32.4 Å². The summed E-state index contributed by atoms with van der Waals surface area (Å²) < 4.78 is 5.64. The van der Waals surface area contributed by atoms with E-state index in [4.69, 9.17) is 16.2 Å². The Kier molecular flexibility index (Phi) is 6.30. The summed E-state index contributed by atoms with van der Waals surface area (Å²) in [4.78, 5) is 11.3. The third-order valence-electron chi connectivity index (χ3n) is 4.97. The predicted octanol–water partition coefficient (Wildman–Crippen LogP) is 0.530. The Morgan fingerprint density at radius 2 is 2.11 bits per heavy atom. The van der Waals surface area contributed by atoms with Crippen molar-refractivity contribution in [1.29, 1.82) is 0 Å². The van der Waals surface area contributed by atoms with Gasteiger partial charge >= 0.3 is 0 Å². The lowest BCUT2D eigenvalue weighted by molar-refractivity contribution is -0.0105. The number of nitrogens with zero attached hydrogens (tertiary/aromatic N) is 3. The molecule has 0 radical (unpaired) electrons. The highest BCUT2D eigenvalue weighted by atomic mass is 16.5. The molecular formula is C19H29N7O2. The van der Waals surface area contributed by atoms with Crippen LogP contribution in [0.3, 0.4) is 0 Å². The van der Waals surface area contributed by atoms with Gasteiger partial charge in [-0.2, -0.15) is 4.98 Å². The predicted molar refractivity (Wildman–Crippen MR) is 111 cm³/mol. The molecular weight excluding hydrogens is 358 g/mol. The van der Waals surface area contributed by atoms with Crippen LogP contribution in [0.2, 0.25) is 0 Å². The van der Waals surface area contributed by atoms with Crippen molar-refractivity contribution >= 4 is 17.5 Å². The van der Waals surface area contributed by atoms with Crippen LogP contribution in [0.1, 0.15) is 18.7 Å².